The van der Waals surface area contributed by atoms with Crippen molar-refractivity contribution in [3.63, 3.8) is 0 Å². The van der Waals surface area contributed by atoms with Crippen molar-refractivity contribution in [1.29, 1.82) is 0 Å². The summed E-state index contributed by atoms with van der Waals surface area (Å²) in [6.07, 6.45) is 0. The standard InChI is InChI=1S/C9H13N5O/c1-10-9(15)7-2-3-8(14-13-7)12-6-4-11-5-6/h2-3,6,11H,4-5H2,1H3,(H,10,15)(H,12,14). The van der Waals surface area contributed by atoms with Crippen LogP contribution in [0.25, 0.3) is 0 Å². The molecule has 1 aliphatic heterocycles. The zero-order valence-electron chi connectivity index (χ0n) is 8.45. The summed E-state index contributed by atoms with van der Waals surface area (Å²) in [4.78, 5) is 11.2. The summed E-state index contributed by atoms with van der Waals surface area (Å²) < 4.78 is 0. The number of nitrogens with one attached hydrogen (secondary N) is 3. The summed E-state index contributed by atoms with van der Waals surface area (Å²) in [7, 11) is 1.57. The van der Waals surface area contributed by atoms with E-state index in [4.69, 9.17) is 0 Å². The normalized spacial score (nSPS) is 15.5. The molecule has 1 aromatic heterocycles. The Labute approximate surface area is 87.5 Å². The molecule has 1 amide bonds. The van der Waals surface area contributed by atoms with Crippen LogP contribution >= 0.6 is 0 Å². The highest BCUT2D eigenvalue weighted by Gasteiger charge is 2.16. The van der Waals surface area contributed by atoms with Crippen LogP contribution in [0.1, 0.15) is 10.5 Å². The highest BCUT2D eigenvalue weighted by atomic mass is 16.1. The Morgan fingerprint density at radius 2 is 2.27 bits per heavy atom. The van der Waals surface area contributed by atoms with Gasteiger partial charge in [-0.05, 0) is 12.1 Å². The Balaban J connectivity index is 1.99. The number of amides is 1. The number of rotatable bonds is 3. The lowest BCUT2D eigenvalue weighted by Crippen LogP contribution is -2.51. The largest absolute Gasteiger partial charge is 0.363 e. The molecule has 0 radical (unpaired) electrons. The molecule has 0 saturated carbocycles. The number of carbonyl (C=O) groups is 1. The minimum atomic E-state index is -0.223. The third-order valence-electron chi connectivity index (χ3n) is 2.26. The lowest BCUT2D eigenvalue weighted by Gasteiger charge is -2.28. The molecule has 0 aliphatic carbocycles. The van der Waals surface area contributed by atoms with Crippen molar-refractivity contribution < 1.29 is 4.79 Å². The maximum Gasteiger partial charge on any atom is 0.271 e. The summed E-state index contributed by atoms with van der Waals surface area (Å²) in [6, 6.07) is 3.83. The second kappa shape index (κ2) is 4.22. The molecule has 80 valence electrons. The van der Waals surface area contributed by atoms with Gasteiger partial charge in [0.05, 0.1) is 6.04 Å². The van der Waals surface area contributed by atoms with Gasteiger partial charge in [-0.2, -0.15) is 0 Å². The van der Waals surface area contributed by atoms with Crippen LogP contribution in [0, 0.1) is 0 Å². The fourth-order valence-corrected chi connectivity index (χ4v) is 1.26. The van der Waals surface area contributed by atoms with Gasteiger partial charge in [-0.25, -0.2) is 0 Å². The SMILES string of the molecule is CNC(=O)c1ccc(NC2CNC2)nn1. The first kappa shape index (κ1) is 9.85. The first-order chi connectivity index (χ1) is 7.29. The molecule has 15 heavy (non-hydrogen) atoms. The summed E-state index contributed by atoms with van der Waals surface area (Å²) in [5.74, 6) is 0.480. The molecule has 2 rings (SSSR count). The molecule has 0 unspecified atom stereocenters. The third kappa shape index (κ3) is 2.21. The lowest BCUT2D eigenvalue weighted by molar-refractivity contribution is 0.0957. The van der Waals surface area contributed by atoms with Gasteiger partial charge in [-0.1, -0.05) is 0 Å². The van der Waals surface area contributed by atoms with Crippen molar-refractivity contribution in [2.45, 2.75) is 6.04 Å². The highest BCUT2D eigenvalue weighted by Crippen LogP contribution is 2.05. The second-order valence-electron chi connectivity index (χ2n) is 3.38. The van der Waals surface area contributed by atoms with Gasteiger partial charge in [0.15, 0.2) is 5.69 Å². The van der Waals surface area contributed by atoms with Crippen LogP contribution in [0.2, 0.25) is 0 Å². The fourth-order valence-electron chi connectivity index (χ4n) is 1.26. The minimum absolute atomic E-state index is 0.223. The van der Waals surface area contributed by atoms with Crippen molar-refractivity contribution >= 4 is 11.7 Å². The van der Waals surface area contributed by atoms with Gasteiger partial charge in [0.1, 0.15) is 5.82 Å². The zero-order chi connectivity index (χ0) is 10.7. The number of nitrogens with zero attached hydrogens (tertiary/aromatic N) is 2. The van der Waals surface area contributed by atoms with Gasteiger partial charge >= 0.3 is 0 Å². The molecule has 1 fully saturated rings. The molecule has 0 atom stereocenters. The Morgan fingerprint density at radius 1 is 1.47 bits per heavy atom. The van der Waals surface area contributed by atoms with Crippen LogP contribution in [0.3, 0.4) is 0 Å². The van der Waals surface area contributed by atoms with E-state index in [-0.39, 0.29) is 5.91 Å². The Hall–Kier alpha value is -1.69. The van der Waals surface area contributed by atoms with E-state index in [1.807, 2.05) is 0 Å². The van der Waals surface area contributed by atoms with E-state index in [1.54, 1.807) is 19.2 Å². The molecule has 1 aromatic rings. The van der Waals surface area contributed by atoms with Gasteiger partial charge in [0.25, 0.3) is 5.91 Å². The number of carbonyl (C=O) groups excluding carboxylic acids is 1. The fraction of sp³-hybridized carbons (Fsp3) is 0.444. The average Bonchev–Trinajstić information content (AvgIpc) is 2.23. The van der Waals surface area contributed by atoms with Gasteiger partial charge in [0, 0.05) is 20.1 Å². The van der Waals surface area contributed by atoms with E-state index in [9.17, 15) is 4.79 Å². The number of hydrogen-bond donors (Lipinski definition) is 3. The summed E-state index contributed by atoms with van der Waals surface area (Å²) in [5.41, 5.74) is 0.329. The third-order valence-corrected chi connectivity index (χ3v) is 2.26. The predicted octanol–water partition coefficient (Wildman–Crippen LogP) is -0.780. The van der Waals surface area contributed by atoms with Crippen molar-refractivity contribution in [3.8, 4) is 0 Å². The van der Waals surface area contributed by atoms with Crippen LogP contribution < -0.4 is 16.0 Å². The van der Waals surface area contributed by atoms with Crippen LogP contribution in [0.4, 0.5) is 5.82 Å². The average molecular weight is 207 g/mol. The summed E-state index contributed by atoms with van der Waals surface area (Å²) in [5, 5.41) is 16.6. The molecule has 6 heteroatoms. The van der Waals surface area contributed by atoms with Crippen LogP contribution in [-0.2, 0) is 0 Å². The van der Waals surface area contributed by atoms with E-state index < -0.39 is 0 Å². The first-order valence-electron chi connectivity index (χ1n) is 4.82. The Morgan fingerprint density at radius 3 is 2.73 bits per heavy atom. The maximum atomic E-state index is 11.2. The molecule has 3 N–H and O–H groups in total. The number of anilines is 1. The molecule has 1 saturated heterocycles. The zero-order valence-corrected chi connectivity index (χ0v) is 8.45. The van der Waals surface area contributed by atoms with Crippen LogP contribution in [0.15, 0.2) is 12.1 Å². The van der Waals surface area contributed by atoms with E-state index in [1.165, 1.54) is 0 Å². The van der Waals surface area contributed by atoms with Gasteiger partial charge in [-0.15, -0.1) is 10.2 Å². The van der Waals surface area contributed by atoms with Crippen molar-refractivity contribution in [2.75, 3.05) is 25.5 Å². The van der Waals surface area contributed by atoms with Gasteiger partial charge in [-0.3, -0.25) is 4.79 Å². The Kier molecular flexibility index (Phi) is 2.77. The monoisotopic (exact) mass is 207 g/mol. The van der Waals surface area contributed by atoms with Gasteiger partial charge in [0.2, 0.25) is 0 Å². The molecule has 2 heterocycles. The number of aromatic nitrogens is 2. The molecule has 0 bridgehead atoms. The summed E-state index contributed by atoms with van der Waals surface area (Å²) >= 11 is 0. The first-order valence-corrected chi connectivity index (χ1v) is 4.82. The molecule has 0 spiro atoms. The molecular weight excluding hydrogens is 194 g/mol. The van der Waals surface area contributed by atoms with E-state index in [2.05, 4.69) is 26.1 Å². The molecule has 0 aromatic carbocycles. The highest BCUT2D eigenvalue weighted by molar-refractivity contribution is 5.91. The topological polar surface area (TPSA) is 78.9 Å². The van der Waals surface area contributed by atoms with Crippen LogP contribution in [-0.4, -0.2) is 42.3 Å². The van der Waals surface area contributed by atoms with E-state index >= 15 is 0 Å². The van der Waals surface area contributed by atoms with Crippen molar-refractivity contribution in [1.82, 2.24) is 20.8 Å². The quantitative estimate of drug-likeness (QED) is 0.606. The lowest BCUT2D eigenvalue weighted by atomic mass is 10.2. The van der Waals surface area contributed by atoms with Crippen molar-refractivity contribution in [2.24, 2.45) is 0 Å². The summed E-state index contributed by atoms with van der Waals surface area (Å²) in [6.45, 7) is 1.89. The van der Waals surface area contributed by atoms with E-state index in [0.717, 1.165) is 13.1 Å². The Bertz CT molecular complexity index is 346. The smallest absolute Gasteiger partial charge is 0.271 e. The maximum absolute atomic E-state index is 11.2. The number of hydrogen-bond acceptors (Lipinski definition) is 5. The molecule has 6 nitrogen and oxygen atoms in total. The minimum Gasteiger partial charge on any atom is -0.363 e. The second-order valence-corrected chi connectivity index (χ2v) is 3.38. The van der Waals surface area contributed by atoms with E-state index in [0.29, 0.717) is 17.6 Å². The van der Waals surface area contributed by atoms with Crippen molar-refractivity contribution in [3.05, 3.63) is 17.8 Å². The molecule has 1 aliphatic rings. The predicted molar refractivity (Wildman–Crippen MR) is 55.7 cm³/mol. The van der Waals surface area contributed by atoms with Crippen LogP contribution in [0.5, 0.6) is 0 Å². The molecular formula is C9H13N5O. The van der Waals surface area contributed by atoms with Gasteiger partial charge < -0.3 is 16.0 Å².